The standard InChI is InChI=1S/C11H12BN2O/c15-9-12-14-7-1-2-11(8-14)10-3-5-13-6-4-10/h2-6,9H,1,7-8H2. The molecule has 3 nitrogen and oxygen atoms in total. The Kier molecular flexibility index (Phi) is 3.30. The van der Waals surface area contributed by atoms with Gasteiger partial charge in [0.1, 0.15) is 0 Å². The van der Waals surface area contributed by atoms with Crippen LogP contribution in [0.5, 0.6) is 0 Å². The first-order valence-corrected chi connectivity index (χ1v) is 5.02. The zero-order valence-electron chi connectivity index (χ0n) is 8.47. The fourth-order valence-corrected chi connectivity index (χ4v) is 1.76. The smallest absolute Gasteiger partial charge is 0.293 e. The van der Waals surface area contributed by atoms with Gasteiger partial charge in [-0.3, -0.25) is 4.98 Å². The van der Waals surface area contributed by atoms with Crippen LogP contribution in [-0.2, 0) is 4.79 Å². The highest BCUT2D eigenvalue weighted by atomic mass is 16.1. The lowest BCUT2D eigenvalue weighted by molar-refractivity contribution is 0.490. The molecule has 0 saturated carbocycles. The van der Waals surface area contributed by atoms with Gasteiger partial charge in [0.05, 0.1) is 6.19 Å². The molecule has 15 heavy (non-hydrogen) atoms. The molecule has 0 aliphatic carbocycles. The van der Waals surface area contributed by atoms with E-state index in [1.165, 1.54) is 11.1 Å². The van der Waals surface area contributed by atoms with E-state index in [2.05, 4.69) is 11.1 Å². The van der Waals surface area contributed by atoms with Gasteiger partial charge in [0.2, 0.25) is 0 Å². The second-order valence-corrected chi connectivity index (χ2v) is 3.51. The summed E-state index contributed by atoms with van der Waals surface area (Å²) < 4.78 is 0. The van der Waals surface area contributed by atoms with Gasteiger partial charge < -0.3 is 9.61 Å². The molecule has 0 spiro atoms. The third-order valence-electron chi connectivity index (χ3n) is 2.50. The van der Waals surface area contributed by atoms with Crippen molar-refractivity contribution in [2.24, 2.45) is 0 Å². The number of pyridine rings is 1. The Bertz CT molecular complexity index is 364. The topological polar surface area (TPSA) is 33.2 Å². The SMILES string of the molecule is O=C[B]N1CCC=C(c2ccncc2)C1. The normalized spacial score (nSPS) is 16.9. The number of carbonyl (C=O) groups is 1. The van der Waals surface area contributed by atoms with Gasteiger partial charge in [-0.25, -0.2) is 0 Å². The highest BCUT2D eigenvalue weighted by Gasteiger charge is 2.13. The van der Waals surface area contributed by atoms with E-state index < -0.39 is 0 Å². The molecule has 1 aromatic heterocycles. The van der Waals surface area contributed by atoms with Crippen molar-refractivity contribution in [3.05, 3.63) is 36.2 Å². The predicted octanol–water partition coefficient (Wildman–Crippen LogP) is 0.980. The van der Waals surface area contributed by atoms with Crippen molar-refractivity contribution in [2.45, 2.75) is 6.42 Å². The van der Waals surface area contributed by atoms with Gasteiger partial charge >= 0.3 is 0 Å². The van der Waals surface area contributed by atoms with Crippen molar-refractivity contribution in [1.29, 1.82) is 0 Å². The molecule has 75 valence electrons. The summed E-state index contributed by atoms with van der Waals surface area (Å²) in [6.07, 6.45) is 7.64. The second kappa shape index (κ2) is 4.89. The van der Waals surface area contributed by atoms with Crippen LogP contribution in [0, 0.1) is 0 Å². The van der Waals surface area contributed by atoms with Crippen molar-refractivity contribution in [3.8, 4) is 0 Å². The summed E-state index contributed by atoms with van der Waals surface area (Å²) in [5, 5.41) is 0. The van der Waals surface area contributed by atoms with Crippen LogP contribution in [0.15, 0.2) is 30.6 Å². The van der Waals surface area contributed by atoms with E-state index in [0.29, 0.717) is 0 Å². The fraction of sp³-hybridized carbons (Fsp3) is 0.273. The minimum atomic E-state index is 0.808. The molecular weight excluding hydrogens is 187 g/mol. The molecule has 0 N–H and O–H groups in total. The van der Waals surface area contributed by atoms with E-state index in [9.17, 15) is 4.79 Å². The number of hydrogen-bond donors (Lipinski definition) is 0. The second-order valence-electron chi connectivity index (χ2n) is 3.51. The Hall–Kier alpha value is -1.42. The Labute approximate surface area is 90.1 Å². The van der Waals surface area contributed by atoms with Crippen LogP contribution in [0.2, 0.25) is 0 Å². The van der Waals surface area contributed by atoms with Crippen molar-refractivity contribution in [3.63, 3.8) is 0 Å². The van der Waals surface area contributed by atoms with Crippen molar-refractivity contribution >= 4 is 19.2 Å². The van der Waals surface area contributed by atoms with Crippen LogP contribution in [0.3, 0.4) is 0 Å². The molecule has 2 heterocycles. The summed E-state index contributed by atoms with van der Waals surface area (Å²) in [6, 6.07) is 3.99. The van der Waals surface area contributed by atoms with Gasteiger partial charge in [0.25, 0.3) is 7.41 Å². The third-order valence-corrected chi connectivity index (χ3v) is 2.50. The van der Waals surface area contributed by atoms with E-state index in [0.717, 1.165) is 25.7 Å². The molecular formula is C11H12BN2O. The van der Waals surface area contributed by atoms with E-state index in [1.807, 2.05) is 16.9 Å². The minimum Gasteiger partial charge on any atom is -0.336 e. The van der Waals surface area contributed by atoms with E-state index in [4.69, 9.17) is 0 Å². The van der Waals surface area contributed by atoms with Gasteiger partial charge in [0.15, 0.2) is 0 Å². The zero-order chi connectivity index (χ0) is 10.5. The Morgan fingerprint density at radius 1 is 1.40 bits per heavy atom. The molecule has 1 aromatic rings. The average Bonchev–Trinajstić information content (AvgIpc) is 2.31. The molecule has 1 aliphatic rings. The first kappa shape index (κ1) is 10.1. The lowest BCUT2D eigenvalue weighted by atomic mass is 9.89. The first-order chi connectivity index (χ1) is 7.40. The van der Waals surface area contributed by atoms with E-state index in [-0.39, 0.29) is 0 Å². The number of rotatable bonds is 3. The van der Waals surface area contributed by atoms with Gasteiger partial charge in [-0.2, -0.15) is 0 Å². The van der Waals surface area contributed by atoms with Crippen LogP contribution >= 0.6 is 0 Å². The number of aromatic nitrogens is 1. The molecule has 0 unspecified atom stereocenters. The summed E-state index contributed by atoms with van der Waals surface area (Å²) in [5.74, 6) is 0. The quantitative estimate of drug-likeness (QED) is 0.537. The largest absolute Gasteiger partial charge is 0.336 e. The number of nitrogens with zero attached hydrogens (tertiary/aromatic N) is 2. The zero-order valence-corrected chi connectivity index (χ0v) is 8.47. The summed E-state index contributed by atoms with van der Waals surface area (Å²) in [6.45, 7) is 1.73. The molecule has 1 aliphatic heterocycles. The average molecular weight is 199 g/mol. The summed E-state index contributed by atoms with van der Waals surface area (Å²) in [5.41, 5.74) is 2.45. The maximum Gasteiger partial charge on any atom is 0.293 e. The number of hydrogen-bond acceptors (Lipinski definition) is 3. The van der Waals surface area contributed by atoms with E-state index >= 15 is 0 Å². The van der Waals surface area contributed by atoms with Crippen LogP contribution in [-0.4, -0.2) is 36.5 Å². The maximum absolute atomic E-state index is 10.4. The molecule has 0 saturated heterocycles. The highest BCUT2D eigenvalue weighted by molar-refractivity contribution is 6.64. The number of carbonyl (C=O) groups excluding carboxylic acids is 1. The van der Waals surface area contributed by atoms with Gasteiger partial charge in [-0.15, -0.1) is 0 Å². The Morgan fingerprint density at radius 2 is 2.20 bits per heavy atom. The van der Waals surface area contributed by atoms with Crippen LogP contribution in [0.25, 0.3) is 5.57 Å². The molecule has 0 atom stereocenters. The van der Waals surface area contributed by atoms with Gasteiger partial charge in [-0.1, -0.05) is 6.08 Å². The molecule has 4 heteroatoms. The lowest BCUT2D eigenvalue weighted by Crippen LogP contribution is -2.33. The molecule has 0 bridgehead atoms. The molecule has 0 aromatic carbocycles. The van der Waals surface area contributed by atoms with Gasteiger partial charge in [0, 0.05) is 18.9 Å². The molecule has 0 amide bonds. The summed E-state index contributed by atoms with van der Waals surface area (Å²) in [4.78, 5) is 16.4. The predicted molar refractivity (Wildman–Crippen MR) is 60.9 cm³/mol. The monoisotopic (exact) mass is 199 g/mol. The summed E-state index contributed by atoms with van der Waals surface area (Å²) in [7, 11) is 1.61. The van der Waals surface area contributed by atoms with Gasteiger partial charge in [-0.05, 0) is 36.2 Å². The Balaban J connectivity index is 2.10. The van der Waals surface area contributed by atoms with E-state index in [1.54, 1.807) is 19.8 Å². The van der Waals surface area contributed by atoms with Crippen LogP contribution in [0.1, 0.15) is 12.0 Å². The minimum absolute atomic E-state index is 0.808. The third kappa shape index (κ3) is 2.53. The summed E-state index contributed by atoms with van der Waals surface area (Å²) >= 11 is 0. The lowest BCUT2D eigenvalue weighted by Gasteiger charge is -2.25. The van der Waals surface area contributed by atoms with Crippen molar-refractivity contribution in [2.75, 3.05) is 13.1 Å². The highest BCUT2D eigenvalue weighted by Crippen LogP contribution is 2.18. The molecule has 2 rings (SSSR count). The van der Waals surface area contributed by atoms with Crippen LogP contribution < -0.4 is 0 Å². The first-order valence-electron chi connectivity index (χ1n) is 5.02. The van der Waals surface area contributed by atoms with Crippen molar-refractivity contribution < 1.29 is 4.79 Å². The molecule has 0 fully saturated rings. The molecule has 1 radical (unpaired) electrons. The fourth-order valence-electron chi connectivity index (χ4n) is 1.76. The maximum atomic E-state index is 10.4. The Morgan fingerprint density at radius 3 is 2.93 bits per heavy atom. The van der Waals surface area contributed by atoms with Crippen LogP contribution in [0.4, 0.5) is 0 Å². The van der Waals surface area contributed by atoms with Crippen molar-refractivity contribution in [1.82, 2.24) is 9.79 Å².